The molecular formula is C14H21FN2O. The van der Waals surface area contributed by atoms with Crippen LogP contribution >= 0.6 is 0 Å². The predicted molar refractivity (Wildman–Crippen MR) is 71.2 cm³/mol. The molecule has 0 radical (unpaired) electrons. The van der Waals surface area contributed by atoms with Gasteiger partial charge < -0.3 is 15.3 Å². The van der Waals surface area contributed by atoms with E-state index in [1.54, 1.807) is 6.07 Å². The van der Waals surface area contributed by atoms with Gasteiger partial charge in [0.25, 0.3) is 0 Å². The molecule has 2 N–H and O–H groups in total. The largest absolute Gasteiger partial charge is 0.390 e. The van der Waals surface area contributed by atoms with Crippen molar-refractivity contribution in [3.05, 3.63) is 29.6 Å². The van der Waals surface area contributed by atoms with Crippen LogP contribution in [0.3, 0.4) is 0 Å². The van der Waals surface area contributed by atoms with Crippen molar-refractivity contribution in [2.75, 3.05) is 25.0 Å². The van der Waals surface area contributed by atoms with E-state index in [0.717, 1.165) is 31.6 Å². The van der Waals surface area contributed by atoms with Gasteiger partial charge in [-0.15, -0.1) is 0 Å². The highest BCUT2D eigenvalue weighted by Gasteiger charge is 2.28. The van der Waals surface area contributed by atoms with Gasteiger partial charge in [-0.05, 0) is 38.9 Å². The van der Waals surface area contributed by atoms with Crippen LogP contribution in [0.2, 0.25) is 0 Å². The molecule has 0 aliphatic carbocycles. The molecule has 0 amide bonds. The molecule has 1 fully saturated rings. The number of nitrogens with one attached hydrogen (secondary N) is 1. The average Bonchev–Trinajstić information content (AvgIpc) is 2.32. The van der Waals surface area contributed by atoms with Crippen LogP contribution in [-0.2, 0) is 6.54 Å². The smallest absolute Gasteiger partial charge is 0.129 e. The van der Waals surface area contributed by atoms with Gasteiger partial charge in [0, 0.05) is 30.9 Å². The monoisotopic (exact) mass is 252 g/mol. The van der Waals surface area contributed by atoms with Crippen LogP contribution in [-0.4, -0.2) is 30.8 Å². The minimum absolute atomic E-state index is 0.167. The zero-order chi connectivity index (χ0) is 13.2. The quantitative estimate of drug-likeness (QED) is 0.862. The summed E-state index contributed by atoms with van der Waals surface area (Å²) in [5, 5.41) is 13.0. The van der Waals surface area contributed by atoms with Crippen molar-refractivity contribution in [2.45, 2.75) is 31.9 Å². The van der Waals surface area contributed by atoms with E-state index in [0.29, 0.717) is 12.1 Å². The first-order chi connectivity index (χ1) is 8.53. The number of nitrogens with zero attached hydrogens (tertiary/aromatic N) is 1. The normalized spacial score (nSPS) is 19.0. The van der Waals surface area contributed by atoms with Gasteiger partial charge in [0.2, 0.25) is 0 Å². The number of piperidine rings is 1. The molecule has 3 nitrogen and oxygen atoms in total. The zero-order valence-corrected chi connectivity index (χ0v) is 11.0. The molecule has 2 rings (SSSR count). The fourth-order valence-corrected chi connectivity index (χ4v) is 2.42. The summed E-state index contributed by atoms with van der Waals surface area (Å²) >= 11 is 0. The minimum Gasteiger partial charge on any atom is -0.390 e. The molecule has 1 aliphatic heterocycles. The van der Waals surface area contributed by atoms with E-state index in [1.165, 1.54) is 6.07 Å². The molecule has 0 spiro atoms. The predicted octanol–water partition coefficient (Wildman–Crippen LogP) is 1.90. The van der Waals surface area contributed by atoms with E-state index in [9.17, 15) is 9.50 Å². The first kappa shape index (κ1) is 13.3. The van der Waals surface area contributed by atoms with E-state index in [2.05, 4.69) is 10.2 Å². The lowest BCUT2D eigenvalue weighted by Crippen LogP contribution is -2.43. The Morgan fingerprint density at radius 3 is 2.67 bits per heavy atom. The van der Waals surface area contributed by atoms with Crippen LogP contribution in [0.15, 0.2) is 18.2 Å². The molecule has 1 aromatic carbocycles. The molecule has 1 aromatic rings. The first-order valence-corrected chi connectivity index (χ1v) is 6.43. The number of hydrogen-bond acceptors (Lipinski definition) is 3. The van der Waals surface area contributed by atoms with Crippen molar-refractivity contribution < 1.29 is 9.50 Å². The highest BCUT2D eigenvalue weighted by atomic mass is 19.1. The van der Waals surface area contributed by atoms with Crippen molar-refractivity contribution in [2.24, 2.45) is 0 Å². The summed E-state index contributed by atoms with van der Waals surface area (Å²) in [6.45, 7) is 3.93. The van der Waals surface area contributed by atoms with E-state index in [4.69, 9.17) is 0 Å². The molecular weight excluding hydrogens is 231 g/mol. The highest BCUT2D eigenvalue weighted by Crippen LogP contribution is 2.29. The second-order valence-electron chi connectivity index (χ2n) is 5.25. The molecule has 0 unspecified atom stereocenters. The van der Waals surface area contributed by atoms with Gasteiger partial charge in [0.15, 0.2) is 0 Å². The number of halogens is 1. The Morgan fingerprint density at radius 1 is 1.39 bits per heavy atom. The number of rotatable bonds is 3. The molecule has 1 heterocycles. The Bertz CT molecular complexity index is 410. The SMILES string of the molecule is CNCc1c(F)cccc1N1CCC(C)(O)CC1. The third-order valence-electron chi connectivity index (χ3n) is 3.63. The average molecular weight is 252 g/mol. The van der Waals surface area contributed by atoms with Gasteiger partial charge in [-0.1, -0.05) is 6.07 Å². The lowest BCUT2D eigenvalue weighted by Gasteiger charge is -2.38. The van der Waals surface area contributed by atoms with Gasteiger partial charge in [0.1, 0.15) is 5.82 Å². The summed E-state index contributed by atoms with van der Waals surface area (Å²) in [5.74, 6) is -0.167. The number of hydrogen-bond donors (Lipinski definition) is 2. The Labute approximate surface area is 108 Å². The third kappa shape index (κ3) is 2.82. The Kier molecular flexibility index (Phi) is 3.88. The summed E-state index contributed by atoms with van der Waals surface area (Å²) in [6.07, 6.45) is 1.45. The van der Waals surface area contributed by atoms with Crippen LogP contribution in [0.4, 0.5) is 10.1 Å². The molecule has 1 aliphatic rings. The molecule has 1 saturated heterocycles. The Balaban J connectivity index is 2.21. The van der Waals surface area contributed by atoms with Gasteiger partial charge >= 0.3 is 0 Å². The van der Waals surface area contributed by atoms with Crippen molar-refractivity contribution in [1.82, 2.24) is 5.32 Å². The van der Waals surface area contributed by atoms with E-state index >= 15 is 0 Å². The maximum atomic E-state index is 13.8. The summed E-state index contributed by atoms with van der Waals surface area (Å²) < 4.78 is 13.8. The number of benzene rings is 1. The summed E-state index contributed by atoms with van der Waals surface area (Å²) in [6, 6.07) is 5.20. The van der Waals surface area contributed by atoms with Crippen LogP contribution in [0.25, 0.3) is 0 Å². The highest BCUT2D eigenvalue weighted by molar-refractivity contribution is 5.54. The number of anilines is 1. The van der Waals surface area contributed by atoms with Crippen molar-refractivity contribution in [3.8, 4) is 0 Å². The fraction of sp³-hybridized carbons (Fsp3) is 0.571. The van der Waals surface area contributed by atoms with Crippen LogP contribution in [0, 0.1) is 5.82 Å². The lowest BCUT2D eigenvalue weighted by atomic mass is 9.93. The fourth-order valence-electron chi connectivity index (χ4n) is 2.42. The standard InChI is InChI=1S/C14H21FN2O/c1-14(18)6-8-17(9-7-14)13-5-3-4-12(15)11(13)10-16-2/h3-5,16,18H,6-10H2,1-2H3. The van der Waals surface area contributed by atoms with Crippen molar-refractivity contribution in [3.63, 3.8) is 0 Å². The molecule has 4 heteroatoms. The summed E-state index contributed by atoms with van der Waals surface area (Å²) in [7, 11) is 1.82. The summed E-state index contributed by atoms with van der Waals surface area (Å²) in [5.41, 5.74) is 1.08. The molecule has 0 aromatic heterocycles. The minimum atomic E-state index is -0.576. The lowest BCUT2D eigenvalue weighted by molar-refractivity contribution is 0.0351. The van der Waals surface area contributed by atoms with E-state index < -0.39 is 5.60 Å². The van der Waals surface area contributed by atoms with E-state index in [1.807, 2.05) is 20.0 Å². The van der Waals surface area contributed by atoms with Crippen molar-refractivity contribution in [1.29, 1.82) is 0 Å². The van der Waals surface area contributed by atoms with Crippen molar-refractivity contribution >= 4 is 5.69 Å². The zero-order valence-electron chi connectivity index (χ0n) is 11.0. The molecule has 0 atom stereocenters. The van der Waals surface area contributed by atoms with Crippen LogP contribution in [0.1, 0.15) is 25.3 Å². The molecule has 100 valence electrons. The van der Waals surface area contributed by atoms with Gasteiger partial charge in [-0.2, -0.15) is 0 Å². The third-order valence-corrected chi connectivity index (χ3v) is 3.63. The maximum absolute atomic E-state index is 13.8. The first-order valence-electron chi connectivity index (χ1n) is 6.43. The summed E-state index contributed by atoms with van der Waals surface area (Å²) in [4.78, 5) is 2.16. The Hall–Kier alpha value is -1.13. The van der Waals surface area contributed by atoms with Gasteiger partial charge in [-0.3, -0.25) is 0 Å². The maximum Gasteiger partial charge on any atom is 0.129 e. The molecule has 18 heavy (non-hydrogen) atoms. The topological polar surface area (TPSA) is 35.5 Å². The van der Waals surface area contributed by atoms with Gasteiger partial charge in [-0.25, -0.2) is 4.39 Å². The molecule has 0 bridgehead atoms. The van der Waals surface area contributed by atoms with Crippen LogP contribution < -0.4 is 10.2 Å². The van der Waals surface area contributed by atoms with Crippen LogP contribution in [0.5, 0.6) is 0 Å². The second-order valence-corrected chi connectivity index (χ2v) is 5.25. The molecule has 0 saturated carbocycles. The van der Waals surface area contributed by atoms with E-state index in [-0.39, 0.29) is 5.82 Å². The number of aliphatic hydroxyl groups is 1. The second kappa shape index (κ2) is 5.24. The van der Waals surface area contributed by atoms with Gasteiger partial charge in [0.05, 0.1) is 5.60 Å². The Morgan fingerprint density at radius 2 is 2.06 bits per heavy atom.